The second-order valence-electron chi connectivity index (χ2n) is 3.98. The predicted molar refractivity (Wildman–Crippen MR) is 70.8 cm³/mol. The number of nitrogens with zero attached hydrogens (tertiary/aromatic N) is 5. The maximum absolute atomic E-state index is 8.68. The SMILES string of the molecule is Nc1nc(NCCCCCO)nc(-n2cccn2)n1. The van der Waals surface area contributed by atoms with Gasteiger partial charge in [-0.25, -0.2) is 4.68 Å². The van der Waals surface area contributed by atoms with Crippen LogP contribution in [0, 0.1) is 0 Å². The van der Waals surface area contributed by atoms with Crippen molar-refractivity contribution in [3.63, 3.8) is 0 Å². The van der Waals surface area contributed by atoms with E-state index in [1.165, 1.54) is 4.68 Å². The third-order valence-electron chi connectivity index (χ3n) is 2.47. The highest BCUT2D eigenvalue weighted by Gasteiger charge is 2.05. The van der Waals surface area contributed by atoms with Crippen LogP contribution in [-0.4, -0.2) is 43.0 Å². The first-order valence-corrected chi connectivity index (χ1v) is 6.16. The van der Waals surface area contributed by atoms with Crippen LogP contribution in [0.25, 0.3) is 5.95 Å². The number of rotatable bonds is 7. The maximum Gasteiger partial charge on any atom is 0.257 e. The molecule has 0 bridgehead atoms. The third kappa shape index (κ3) is 3.88. The predicted octanol–water partition coefficient (Wildman–Crippen LogP) is 0.214. The number of hydrogen-bond acceptors (Lipinski definition) is 7. The average molecular weight is 263 g/mol. The fourth-order valence-electron chi connectivity index (χ4n) is 1.56. The fraction of sp³-hybridized carbons (Fsp3) is 0.455. The van der Waals surface area contributed by atoms with Gasteiger partial charge in [0.1, 0.15) is 0 Å². The van der Waals surface area contributed by atoms with Crippen LogP contribution in [0.3, 0.4) is 0 Å². The van der Waals surface area contributed by atoms with Gasteiger partial charge >= 0.3 is 0 Å². The number of unbranched alkanes of at least 4 members (excludes halogenated alkanes) is 2. The standard InChI is InChI=1S/C11H17N7O/c12-9-15-10(13-5-2-1-3-8-19)17-11(16-9)18-7-4-6-14-18/h4,6-7,19H,1-3,5,8H2,(H3,12,13,15,16,17). The normalized spacial score (nSPS) is 10.6. The Morgan fingerprint density at radius 1 is 1.21 bits per heavy atom. The fourth-order valence-corrected chi connectivity index (χ4v) is 1.56. The molecule has 0 atom stereocenters. The van der Waals surface area contributed by atoms with Crippen molar-refractivity contribution in [3.8, 4) is 5.95 Å². The minimum atomic E-state index is 0.151. The van der Waals surface area contributed by atoms with Gasteiger partial charge in [-0.15, -0.1) is 0 Å². The molecule has 0 spiro atoms. The molecule has 0 aliphatic carbocycles. The summed E-state index contributed by atoms with van der Waals surface area (Å²) >= 11 is 0. The van der Waals surface area contributed by atoms with Gasteiger partial charge in [0.05, 0.1) is 0 Å². The van der Waals surface area contributed by atoms with E-state index in [-0.39, 0.29) is 12.6 Å². The molecule has 0 amide bonds. The summed E-state index contributed by atoms with van der Waals surface area (Å²) in [7, 11) is 0. The van der Waals surface area contributed by atoms with Crippen molar-refractivity contribution < 1.29 is 5.11 Å². The molecule has 8 nitrogen and oxygen atoms in total. The molecule has 0 saturated carbocycles. The van der Waals surface area contributed by atoms with Gasteiger partial charge in [-0.05, 0) is 25.3 Å². The molecule has 2 heterocycles. The number of aliphatic hydroxyl groups is 1. The summed E-state index contributed by atoms with van der Waals surface area (Å²) < 4.78 is 1.52. The van der Waals surface area contributed by atoms with Crippen molar-refractivity contribution in [2.24, 2.45) is 0 Å². The number of hydrogen-bond donors (Lipinski definition) is 3. The smallest absolute Gasteiger partial charge is 0.257 e. The molecule has 2 aromatic heterocycles. The van der Waals surface area contributed by atoms with Gasteiger partial charge in [0, 0.05) is 25.5 Å². The van der Waals surface area contributed by atoms with Gasteiger partial charge in [-0.3, -0.25) is 0 Å². The highest BCUT2D eigenvalue weighted by molar-refractivity contribution is 5.34. The Balaban J connectivity index is 1.97. The Morgan fingerprint density at radius 2 is 2.11 bits per heavy atom. The largest absolute Gasteiger partial charge is 0.396 e. The van der Waals surface area contributed by atoms with Crippen LogP contribution >= 0.6 is 0 Å². The van der Waals surface area contributed by atoms with Gasteiger partial charge < -0.3 is 16.2 Å². The zero-order valence-corrected chi connectivity index (χ0v) is 10.5. The number of nitrogens with one attached hydrogen (secondary N) is 1. The lowest BCUT2D eigenvalue weighted by atomic mass is 10.2. The zero-order chi connectivity index (χ0) is 13.5. The molecular weight excluding hydrogens is 246 g/mol. The van der Waals surface area contributed by atoms with Gasteiger partial charge in [-0.1, -0.05) is 0 Å². The lowest BCUT2D eigenvalue weighted by Gasteiger charge is -2.06. The third-order valence-corrected chi connectivity index (χ3v) is 2.47. The number of nitrogens with two attached hydrogens (primary N) is 1. The molecule has 4 N–H and O–H groups in total. The molecule has 0 fully saturated rings. The minimum Gasteiger partial charge on any atom is -0.396 e. The second-order valence-corrected chi connectivity index (χ2v) is 3.98. The highest BCUT2D eigenvalue weighted by atomic mass is 16.2. The van der Waals surface area contributed by atoms with E-state index in [4.69, 9.17) is 10.8 Å². The van der Waals surface area contributed by atoms with Crippen molar-refractivity contribution in [2.45, 2.75) is 19.3 Å². The molecule has 0 aliphatic rings. The number of aliphatic hydroxyl groups excluding tert-OH is 1. The Morgan fingerprint density at radius 3 is 2.84 bits per heavy atom. The van der Waals surface area contributed by atoms with Crippen LogP contribution in [0.5, 0.6) is 0 Å². The monoisotopic (exact) mass is 263 g/mol. The van der Waals surface area contributed by atoms with Crippen LogP contribution in [0.2, 0.25) is 0 Å². The Labute approximate surface area is 110 Å². The van der Waals surface area contributed by atoms with E-state index in [0.29, 0.717) is 11.9 Å². The Bertz CT molecular complexity index is 500. The summed E-state index contributed by atoms with van der Waals surface area (Å²) in [5.41, 5.74) is 5.64. The molecule has 0 unspecified atom stereocenters. The summed E-state index contributed by atoms with van der Waals surface area (Å²) in [5.74, 6) is 0.968. The summed E-state index contributed by atoms with van der Waals surface area (Å²) in [6.07, 6.45) is 6.07. The van der Waals surface area contributed by atoms with Crippen LogP contribution in [0.4, 0.5) is 11.9 Å². The van der Waals surface area contributed by atoms with Crippen LogP contribution in [-0.2, 0) is 0 Å². The van der Waals surface area contributed by atoms with Crippen molar-refractivity contribution in [1.29, 1.82) is 0 Å². The van der Waals surface area contributed by atoms with E-state index in [0.717, 1.165) is 25.8 Å². The quantitative estimate of drug-likeness (QED) is 0.612. The average Bonchev–Trinajstić information content (AvgIpc) is 2.92. The van der Waals surface area contributed by atoms with Gasteiger partial charge in [0.15, 0.2) is 0 Å². The Hall–Kier alpha value is -2.22. The number of anilines is 2. The summed E-state index contributed by atoms with van der Waals surface area (Å²) in [6.45, 7) is 0.949. The molecule has 2 aromatic rings. The molecule has 19 heavy (non-hydrogen) atoms. The summed E-state index contributed by atoms with van der Waals surface area (Å²) in [6, 6.07) is 1.78. The molecule has 2 rings (SSSR count). The summed E-state index contributed by atoms with van der Waals surface area (Å²) in [4.78, 5) is 12.3. The molecule has 8 heteroatoms. The zero-order valence-electron chi connectivity index (χ0n) is 10.5. The molecule has 0 aliphatic heterocycles. The van der Waals surface area contributed by atoms with E-state index >= 15 is 0 Å². The lowest BCUT2D eigenvalue weighted by molar-refractivity contribution is 0.283. The second kappa shape index (κ2) is 6.64. The van der Waals surface area contributed by atoms with Crippen LogP contribution < -0.4 is 11.1 Å². The first-order valence-electron chi connectivity index (χ1n) is 6.16. The van der Waals surface area contributed by atoms with Gasteiger partial charge in [0.25, 0.3) is 5.95 Å². The van der Waals surface area contributed by atoms with Crippen molar-refractivity contribution in [2.75, 3.05) is 24.2 Å². The van der Waals surface area contributed by atoms with Crippen LogP contribution in [0.1, 0.15) is 19.3 Å². The number of nitrogen functional groups attached to an aromatic ring is 1. The minimum absolute atomic E-state index is 0.151. The first kappa shape index (κ1) is 13.2. The lowest BCUT2D eigenvalue weighted by Crippen LogP contribution is -2.12. The Kier molecular flexibility index (Phi) is 4.62. The van der Waals surface area contributed by atoms with Crippen LogP contribution in [0.15, 0.2) is 18.5 Å². The van der Waals surface area contributed by atoms with E-state index in [1.54, 1.807) is 18.5 Å². The molecular formula is C11H17N7O. The van der Waals surface area contributed by atoms with E-state index in [9.17, 15) is 0 Å². The molecule has 0 saturated heterocycles. The van der Waals surface area contributed by atoms with E-state index < -0.39 is 0 Å². The van der Waals surface area contributed by atoms with Crippen molar-refractivity contribution >= 4 is 11.9 Å². The first-order chi connectivity index (χ1) is 9.29. The summed E-state index contributed by atoms with van der Waals surface area (Å²) in [5, 5.41) is 15.8. The molecule has 0 radical (unpaired) electrons. The van der Waals surface area contributed by atoms with E-state index in [1.807, 2.05) is 0 Å². The molecule has 102 valence electrons. The highest BCUT2D eigenvalue weighted by Crippen LogP contribution is 2.06. The topological polar surface area (TPSA) is 115 Å². The van der Waals surface area contributed by atoms with Crippen molar-refractivity contribution in [3.05, 3.63) is 18.5 Å². The molecule has 0 aromatic carbocycles. The van der Waals surface area contributed by atoms with Crippen molar-refractivity contribution in [1.82, 2.24) is 24.7 Å². The van der Waals surface area contributed by atoms with Gasteiger partial charge in [0.2, 0.25) is 11.9 Å². The number of aromatic nitrogens is 5. The van der Waals surface area contributed by atoms with Gasteiger partial charge in [-0.2, -0.15) is 20.1 Å². The maximum atomic E-state index is 8.68. The van der Waals surface area contributed by atoms with E-state index in [2.05, 4.69) is 25.4 Å².